The summed E-state index contributed by atoms with van der Waals surface area (Å²) >= 11 is 10.2. The molecule has 0 fully saturated rings. The van der Waals surface area contributed by atoms with Gasteiger partial charge in [-0.2, -0.15) is 15.0 Å². The Hall–Kier alpha value is -2.24. The first-order valence-corrected chi connectivity index (χ1v) is 8.05. The molecule has 0 bridgehead atoms. The Balaban J connectivity index is 2.24. The molecule has 0 aliphatic carbocycles. The van der Waals surface area contributed by atoms with Gasteiger partial charge in [-0.25, -0.2) is 0 Å². The number of hydrogen-bond donors (Lipinski definition) is 2. The maximum Gasteiger partial charge on any atom is 0.215 e. The van der Waals surface area contributed by atoms with Gasteiger partial charge in [-0.3, -0.25) is 10.2 Å². The van der Waals surface area contributed by atoms with E-state index in [0.717, 1.165) is 29.9 Å². The third-order valence-corrected chi connectivity index (χ3v) is 4.02. The minimum atomic E-state index is 0.425. The van der Waals surface area contributed by atoms with E-state index in [0.29, 0.717) is 16.0 Å². The first kappa shape index (κ1) is 17.1. The predicted octanol–water partition coefficient (Wildman–Crippen LogP) is 3.53. The largest absolute Gasteiger partial charge is 0.371 e. The van der Waals surface area contributed by atoms with E-state index in [1.807, 2.05) is 19.1 Å². The van der Waals surface area contributed by atoms with Crippen LogP contribution < -0.4 is 4.90 Å². The topological polar surface area (TPSA) is 75.9 Å². The van der Waals surface area contributed by atoms with Crippen LogP contribution in [0.1, 0.15) is 24.5 Å². The van der Waals surface area contributed by atoms with Gasteiger partial charge in [0.1, 0.15) is 0 Å². The summed E-state index contributed by atoms with van der Waals surface area (Å²) in [5.74, 6) is 0. The molecular formula is C15H18N6S2. The van der Waals surface area contributed by atoms with Crippen LogP contribution in [0.5, 0.6) is 0 Å². The van der Waals surface area contributed by atoms with E-state index in [-0.39, 0.29) is 0 Å². The highest BCUT2D eigenvalue weighted by Crippen LogP contribution is 2.18. The Morgan fingerprint density at radius 2 is 2.04 bits per heavy atom. The number of aryl methyl sites for hydroxylation is 1. The van der Waals surface area contributed by atoms with Gasteiger partial charge in [0, 0.05) is 18.8 Å². The van der Waals surface area contributed by atoms with Crippen molar-refractivity contribution in [1.29, 1.82) is 5.26 Å². The molecule has 1 heterocycles. The highest BCUT2D eigenvalue weighted by molar-refractivity contribution is 7.72. The smallest absolute Gasteiger partial charge is 0.215 e. The molecule has 0 atom stereocenters. The molecule has 120 valence electrons. The van der Waals surface area contributed by atoms with Gasteiger partial charge in [-0.05, 0) is 61.5 Å². The quantitative estimate of drug-likeness (QED) is 0.620. The second-order valence-corrected chi connectivity index (χ2v) is 5.72. The molecule has 8 heteroatoms. The molecule has 0 aliphatic heterocycles. The number of aromatic nitrogens is 3. The van der Waals surface area contributed by atoms with E-state index in [4.69, 9.17) is 29.7 Å². The van der Waals surface area contributed by atoms with Gasteiger partial charge in [0.2, 0.25) is 9.54 Å². The number of anilines is 1. The Kier molecular flexibility index (Phi) is 5.84. The van der Waals surface area contributed by atoms with Crippen molar-refractivity contribution in [3.05, 3.63) is 38.9 Å². The Morgan fingerprint density at radius 3 is 2.61 bits per heavy atom. The second-order valence-electron chi connectivity index (χ2n) is 4.95. The van der Waals surface area contributed by atoms with Crippen molar-refractivity contribution in [2.45, 2.75) is 20.3 Å². The van der Waals surface area contributed by atoms with E-state index in [2.05, 4.69) is 39.3 Å². The SMILES string of the molecule is CCN(CCC#N)c1ccc(/C=N\n2c(=S)[nH][nH]c2=S)c(C)c1. The molecular weight excluding hydrogens is 328 g/mol. The molecule has 0 unspecified atom stereocenters. The zero-order valence-corrected chi connectivity index (χ0v) is 14.7. The van der Waals surface area contributed by atoms with Gasteiger partial charge >= 0.3 is 0 Å². The third kappa shape index (κ3) is 4.15. The van der Waals surface area contributed by atoms with E-state index in [9.17, 15) is 0 Å². The number of rotatable bonds is 6. The van der Waals surface area contributed by atoms with Gasteiger partial charge in [0.25, 0.3) is 0 Å². The fourth-order valence-corrected chi connectivity index (χ4v) is 2.62. The van der Waals surface area contributed by atoms with Crippen LogP contribution in [0.3, 0.4) is 0 Å². The number of hydrogen-bond acceptors (Lipinski definition) is 5. The van der Waals surface area contributed by atoms with Gasteiger partial charge in [0.05, 0.1) is 18.7 Å². The predicted molar refractivity (Wildman–Crippen MR) is 97.1 cm³/mol. The van der Waals surface area contributed by atoms with Crippen molar-refractivity contribution in [1.82, 2.24) is 14.9 Å². The number of aromatic amines is 2. The van der Waals surface area contributed by atoms with E-state index in [1.54, 1.807) is 6.21 Å². The van der Waals surface area contributed by atoms with Crippen molar-refractivity contribution in [3.8, 4) is 6.07 Å². The van der Waals surface area contributed by atoms with Crippen LogP contribution >= 0.6 is 24.4 Å². The summed E-state index contributed by atoms with van der Waals surface area (Å²) < 4.78 is 2.31. The van der Waals surface area contributed by atoms with E-state index < -0.39 is 0 Å². The number of nitrogens with one attached hydrogen (secondary N) is 2. The molecule has 0 radical (unpaired) electrons. The number of H-pyrrole nitrogens is 2. The summed E-state index contributed by atoms with van der Waals surface area (Å²) in [5, 5.41) is 18.5. The summed E-state index contributed by atoms with van der Waals surface area (Å²) in [5.41, 5.74) is 3.19. The molecule has 0 saturated heterocycles. The lowest BCUT2D eigenvalue weighted by molar-refractivity contribution is 0.826. The molecule has 0 aliphatic rings. The fraction of sp³-hybridized carbons (Fsp3) is 0.333. The highest BCUT2D eigenvalue weighted by Gasteiger charge is 2.06. The Morgan fingerprint density at radius 1 is 1.35 bits per heavy atom. The van der Waals surface area contributed by atoms with Crippen LogP contribution in [0.2, 0.25) is 0 Å². The minimum absolute atomic E-state index is 0.425. The molecule has 2 aromatic rings. The summed E-state index contributed by atoms with van der Waals surface area (Å²) in [4.78, 5) is 2.18. The molecule has 2 N–H and O–H groups in total. The molecule has 23 heavy (non-hydrogen) atoms. The van der Waals surface area contributed by atoms with Gasteiger partial charge < -0.3 is 4.90 Å². The lowest BCUT2D eigenvalue weighted by atomic mass is 10.1. The molecule has 0 spiro atoms. The van der Waals surface area contributed by atoms with Crippen LogP contribution in [0.4, 0.5) is 5.69 Å². The highest BCUT2D eigenvalue weighted by atomic mass is 32.1. The lowest BCUT2D eigenvalue weighted by Crippen LogP contribution is -2.23. The molecule has 1 aromatic carbocycles. The zero-order valence-electron chi connectivity index (χ0n) is 13.0. The molecule has 0 saturated carbocycles. The van der Waals surface area contributed by atoms with Gasteiger partial charge in [-0.15, -0.1) is 0 Å². The van der Waals surface area contributed by atoms with Crippen LogP contribution in [0.25, 0.3) is 0 Å². The zero-order chi connectivity index (χ0) is 16.8. The van der Waals surface area contributed by atoms with Crippen LogP contribution in [-0.4, -0.2) is 34.2 Å². The molecule has 6 nitrogen and oxygen atoms in total. The van der Waals surface area contributed by atoms with Gasteiger partial charge in [-0.1, -0.05) is 6.07 Å². The number of nitriles is 1. The van der Waals surface area contributed by atoms with Crippen LogP contribution in [0, 0.1) is 27.8 Å². The van der Waals surface area contributed by atoms with Crippen molar-refractivity contribution in [2.24, 2.45) is 5.10 Å². The van der Waals surface area contributed by atoms with Crippen molar-refractivity contribution < 1.29 is 0 Å². The summed E-state index contributed by atoms with van der Waals surface area (Å²) in [6, 6.07) is 8.32. The first-order valence-electron chi connectivity index (χ1n) is 7.23. The van der Waals surface area contributed by atoms with Crippen molar-refractivity contribution in [2.75, 3.05) is 18.0 Å². The number of nitrogens with zero attached hydrogens (tertiary/aromatic N) is 4. The molecule has 0 amide bonds. The Bertz CT molecular complexity index is 824. The van der Waals surface area contributed by atoms with E-state index >= 15 is 0 Å². The summed E-state index contributed by atoms with van der Waals surface area (Å²) in [7, 11) is 0. The standard InChI is InChI=1S/C15H18N6S2/c1-3-20(8-4-7-16)13-6-5-12(11(2)9-13)10-17-21-14(22)18-19-15(21)23/h5-6,9-10H,3-4,8H2,1-2H3,(H,18,22)(H,19,23)/b17-10-. The van der Waals surface area contributed by atoms with Gasteiger partial charge in [0.15, 0.2) is 0 Å². The lowest BCUT2D eigenvalue weighted by Gasteiger charge is -2.22. The average molecular weight is 346 g/mol. The Labute approximate surface area is 145 Å². The maximum absolute atomic E-state index is 8.74. The normalized spacial score (nSPS) is 10.8. The maximum atomic E-state index is 8.74. The first-order chi connectivity index (χ1) is 11.1. The van der Waals surface area contributed by atoms with E-state index in [1.165, 1.54) is 4.68 Å². The number of benzene rings is 1. The summed E-state index contributed by atoms with van der Waals surface area (Å²) in [6.07, 6.45) is 2.25. The summed E-state index contributed by atoms with van der Waals surface area (Å²) in [6.45, 7) is 5.70. The third-order valence-electron chi connectivity index (χ3n) is 3.47. The molecule has 2 rings (SSSR count). The monoisotopic (exact) mass is 346 g/mol. The minimum Gasteiger partial charge on any atom is -0.371 e. The van der Waals surface area contributed by atoms with Crippen LogP contribution in [-0.2, 0) is 0 Å². The molecule has 1 aromatic heterocycles. The van der Waals surface area contributed by atoms with Crippen LogP contribution in [0.15, 0.2) is 23.3 Å². The van der Waals surface area contributed by atoms with Crippen molar-refractivity contribution in [3.63, 3.8) is 0 Å². The van der Waals surface area contributed by atoms with Crippen molar-refractivity contribution >= 4 is 36.3 Å². The second kappa shape index (κ2) is 7.85. The average Bonchev–Trinajstić information content (AvgIpc) is 2.86. The fourth-order valence-electron chi connectivity index (χ4n) is 2.19.